The van der Waals surface area contributed by atoms with Crippen LogP contribution in [-0.2, 0) is 15.7 Å². The van der Waals surface area contributed by atoms with Crippen LogP contribution in [0, 0.1) is 6.92 Å². The second-order valence-corrected chi connectivity index (χ2v) is 7.08. The summed E-state index contributed by atoms with van der Waals surface area (Å²) in [5.41, 5.74) is -0.614. The summed E-state index contributed by atoms with van der Waals surface area (Å²) in [7, 11) is 1.17. The molecule has 8 nitrogen and oxygen atoms in total. The van der Waals surface area contributed by atoms with Gasteiger partial charge in [0.25, 0.3) is 5.76 Å². The summed E-state index contributed by atoms with van der Waals surface area (Å²) in [6.07, 6.45) is -2.51. The molecule has 2 aromatic heterocycles. The van der Waals surface area contributed by atoms with E-state index in [1.54, 1.807) is 30.3 Å². The van der Waals surface area contributed by atoms with Crippen molar-refractivity contribution in [3.8, 4) is 22.9 Å². The fourth-order valence-electron chi connectivity index (χ4n) is 3.19. The molecule has 11 heteroatoms. The summed E-state index contributed by atoms with van der Waals surface area (Å²) < 4.78 is 63.1. The number of esters is 1. The molecule has 0 fully saturated rings. The van der Waals surface area contributed by atoms with E-state index in [1.807, 2.05) is 0 Å². The van der Waals surface area contributed by atoms with E-state index in [-0.39, 0.29) is 28.0 Å². The maximum atomic E-state index is 13.8. The third-order valence-electron chi connectivity index (χ3n) is 4.85. The molecule has 0 spiro atoms. The number of halogens is 3. The average molecular weight is 474 g/mol. The summed E-state index contributed by atoms with van der Waals surface area (Å²) >= 11 is 0. The van der Waals surface area contributed by atoms with E-state index in [0.29, 0.717) is 5.69 Å². The van der Waals surface area contributed by atoms with Crippen molar-refractivity contribution in [1.82, 2.24) is 9.78 Å². The molecule has 2 aromatic carbocycles. The summed E-state index contributed by atoms with van der Waals surface area (Å²) in [6, 6.07) is 11.4. The van der Waals surface area contributed by atoms with Crippen molar-refractivity contribution in [2.45, 2.75) is 13.1 Å². The van der Waals surface area contributed by atoms with Gasteiger partial charge in [-0.1, -0.05) is 18.2 Å². The zero-order valence-corrected chi connectivity index (χ0v) is 17.9. The lowest BCUT2D eigenvalue weighted by Gasteiger charge is -2.14. The van der Waals surface area contributed by atoms with Crippen molar-refractivity contribution >= 4 is 16.9 Å². The fourth-order valence-corrected chi connectivity index (χ4v) is 3.19. The molecule has 0 aliphatic rings. The number of alkyl halides is 3. The van der Waals surface area contributed by atoms with Gasteiger partial charge in [0.05, 0.1) is 30.6 Å². The van der Waals surface area contributed by atoms with E-state index in [0.717, 1.165) is 0 Å². The van der Waals surface area contributed by atoms with Gasteiger partial charge >= 0.3 is 12.1 Å². The topological polar surface area (TPSA) is 92.8 Å². The third kappa shape index (κ3) is 4.45. The molecule has 0 radical (unpaired) electrons. The molecular weight excluding hydrogens is 457 g/mol. The Labute approximate surface area is 190 Å². The number of aryl methyl sites for hydroxylation is 1. The molecule has 0 unspecified atom stereocenters. The predicted molar refractivity (Wildman–Crippen MR) is 113 cm³/mol. The smallest absolute Gasteiger partial charge is 0.453 e. The molecule has 176 valence electrons. The van der Waals surface area contributed by atoms with Gasteiger partial charge in [0.2, 0.25) is 11.2 Å². The second-order valence-electron chi connectivity index (χ2n) is 7.08. The second kappa shape index (κ2) is 8.93. The van der Waals surface area contributed by atoms with Crippen LogP contribution in [0.5, 0.6) is 17.2 Å². The molecule has 0 aliphatic carbocycles. The van der Waals surface area contributed by atoms with Crippen molar-refractivity contribution in [2.75, 3.05) is 13.7 Å². The van der Waals surface area contributed by atoms with Crippen molar-refractivity contribution in [3.63, 3.8) is 0 Å². The minimum Gasteiger partial charge on any atom is -0.481 e. The number of methoxy groups -OCH3 is 1. The first-order chi connectivity index (χ1) is 16.2. The maximum Gasteiger partial charge on any atom is 0.453 e. The Bertz CT molecular complexity index is 1410. The summed E-state index contributed by atoms with van der Waals surface area (Å²) in [5, 5.41) is 3.91. The van der Waals surface area contributed by atoms with E-state index in [2.05, 4.69) is 9.84 Å². The zero-order chi connectivity index (χ0) is 24.5. The van der Waals surface area contributed by atoms with Gasteiger partial charge in [-0.3, -0.25) is 4.79 Å². The predicted octanol–water partition coefficient (Wildman–Crippen LogP) is 4.65. The Morgan fingerprint density at radius 1 is 1.15 bits per heavy atom. The molecule has 0 bridgehead atoms. The number of aromatic nitrogens is 2. The molecule has 4 aromatic rings. The van der Waals surface area contributed by atoms with Crippen LogP contribution in [0.25, 0.3) is 16.7 Å². The number of para-hydroxylation sites is 1. The van der Waals surface area contributed by atoms with Crippen LogP contribution in [-0.4, -0.2) is 29.5 Å². The van der Waals surface area contributed by atoms with Crippen molar-refractivity contribution in [1.29, 1.82) is 0 Å². The number of fused-ring (bicyclic) bond motifs is 1. The van der Waals surface area contributed by atoms with Gasteiger partial charge in [0, 0.05) is 5.56 Å². The van der Waals surface area contributed by atoms with Crippen LogP contribution in [0.3, 0.4) is 0 Å². The molecule has 34 heavy (non-hydrogen) atoms. The van der Waals surface area contributed by atoms with E-state index >= 15 is 0 Å². The van der Waals surface area contributed by atoms with Crippen LogP contribution in [0.15, 0.2) is 64.1 Å². The molecule has 0 aliphatic heterocycles. The number of carbonyl (C=O) groups excluding carboxylic acids is 1. The summed E-state index contributed by atoms with van der Waals surface area (Å²) in [6.45, 7) is 0.939. The van der Waals surface area contributed by atoms with Gasteiger partial charge in [0.1, 0.15) is 11.3 Å². The minimum absolute atomic E-state index is 0.0620. The molecule has 0 saturated carbocycles. The first kappa shape index (κ1) is 22.9. The van der Waals surface area contributed by atoms with Gasteiger partial charge in [-0.25, -0.2) is 9.48 Å². The van der Waals surface area contributed by atoms with E-state index in [9.17, 15) is 22.8 Å². The third-order valence-corrected chi connectivity index (χ3v) is 4.85. The van der Waals surface area contributed by atoms with Crippen LogP contribution < -0.4 is 14.9 Å². The van der Waals surface area contributed by atoms with E-state index in [1.165, 1.54) is 43.2 Å². The number of rotatable bonds is 6. The highest BCUT2D eigenvalue weighted by atomic mass is 19.4. The monoisotopic (exact) mass is 474 g/mol. The first-order valence-corrected chi connectivity index (χ1v) is 9.84. The Kier molecular flexibility index (Phi) is 6.01. The number of ether oxygens (including phenoxy) is 3. The van der Waals surface area contributed by atoms with Crippen LogP contribution in [0.4, 0.5) is 13.2 Å². The van der Waals surface area contributed by atoms with E-state index in [4.69, 9.17) is 13.9 Å². The highest BCUT2D eigenvalue weighted by molar-refractivity contribution is 5.83. The van der Waals surface area contributed by atoms with Crippen molar-refractivity contribution in [3.05, 3.63) is 76.4 Å². The van der Waals surface area contributed by atoms with E-state index < -0.39 is 35.7 Å². The number of hydrogen-bond donors (Lipinski definition) is 0. The lowest BCUT2D eigenvalue weighted by atomic mass is 10.1. The highest BCUT2D eigenvalue weighted by Crippen LogP contribution is 2.39. The molecule has 4 rings (SSSR count). The molecule has 0 amide bonds. The minimum atomic E-state index is -5.03. The quantitative estimate of drug-likeness (QED) is 0.376. The lowest BCUT2D eigenvalue weighted by Crippen LogP contribution is -2.16. The zero-order valence-electron chi connectivity index (χ0n) is 17.9. The highest BCUT2D eigenvalue weighted by Gasteiger charge is 2.41. The van der Waals surface area contributed by atoms with Gasteiger partial charge in [-0.15, -0.1) is 0 Å². The van der Waals surface area contributed by atoms with Crippen LogP contribution >= 0.6 is 0 Å². The average Bonchev–Trinajstić information content (AvgIpc) is 3.28. The van der Waals surface area contributed by atoms with Gasteiger partial charge in [0.15, 0.2) is 12.4 Å². The molecule has 0 saturated heterocycles. The number of hydrogen-bond acceptors (Lipinski definition) is 7. The van der Waals surface area contributed by atoms with Crippen LogP contribution in [0.2, 0.25) is 0 Å². The standard InChI is InChI=1S/C23H17F3N2O6/c1-13-17(32-12-18(29)31-2)9-8-16-19(30)21(22(23(24,25)26)34-20(13)16)33-15-10-27-28(11-15)14-6-4-3-5-7-14/h3-11H,12H2,1-2H3. The normalized spacial score (nSPS) is 11.4. The van der Waals surface area contributed by atoms with Crippen molar-refractivity contribution < 1.29 is 36.6 Å². The number of nitrogens with zero attached hydrogens (tertiary/aromatic N) is 2. The summed E-state index contributed by atoms with van der Waals surface area (Å²) in [5.74, 6) is -3.33. The first-order valence-electron chi connectivity index (χ1n) is 9.84. The largest absolute Gasteiger partial charge is 0.481 e. The Morgan fingerprint density at radius 3 is 2.56 bits per heavy atom. The molecule has 0 atom stereocenters. The van der Waals surface area contributed by atoms with Gasteiger partial charge in [-0.2, -0.15) is 18.3 Å². The van der Waals surface area contributed by atoms with Gasteiger partial charge in [-0.05, 0) is 31.2 Å². The Morgan fingerprint density at radius 2 is 1.88 bits per heavy atom. The molecule has 2 heterocycles. The summed E-state index contributed by atoms with van der Waals surface area (Å²) in [4.78, 5) is 24.3. The number of carbonyl (C=O) groups is 1. The fraction of sp³-hybridized carbons (Fsp3) is 0.174. The maximum absolute atomic E-state index is 13.8. The molecular formula is C23H17F3N2O6. The van der Waals surface area contributed by atoms with Crippen LogP contribution in [0.1, 0.15) is 11.3 Å². The number of benzene rings is 2. The lowest BCUT2D eigenvalue weighted by molar-refractivity contribution is -0.154. The Balaban J connectivity index is 1.78. The molecule has 0 N–H and O–H groups in total. The Hall–Kier alpha value is -4.28. The van der Waals surface area contributed by atoms with Crippen molar-refractivity contribution in [2.24, 2.45) is 0 Å². The van der Waals surface area contributed by atoms with Gasteiger partial charge < -0.3 is 18.6 Å². The SMILES string of the molecule is COC(=O)COc1ccc2c(=O)c(Oc3cnn(-c4ccccc4)c3)c(C(F)(F)F)oc2c1C.